The minimum atomic E-state index is 0.625. The normalized spacial score (nSPS) is 12.3. The summed E-state index contributed by atoms with van der Waals surface area (Å²) in [6.45, 7) is 5.23. The Bertz CT molecular complexity index is 496. The monoisotopic (exact) mass is 273 g/mol. The molecule has 1 aromatic carbocycles. The summed E-state index contributed by atoms with van der Waals surface area (Å²) in [7, 11) is 0. The molecule has 0 saturated carbocycles. The van der Waals surface area contributed by atoms with Gasteiger partial charge in [-0.15, -0.1) is 0 Å². The lowest BCUT2D eigenvalue weighted by Crippen LogP contribution is -2.11. The molecule has 2 aromatic rings. The Balaban J connectivity index is 2.02. The van der Waals surface area contributed by atoms with Crippen LogP contribution in [0.5, 0.6) is 5.75 Å². The van der Waals surface area contributed by atoms with E-state index in [4.69, 9.17) is 4.74 Å². The average molecular weight is 273 g/mol. The summed E-state index contributed by atoms with van der Waals surface area (Å²) in [6, 6.07) is 7.99. The van der Waals surface area contributed by atoms with Gasteiger partial charge in [-0.2, -0.15) is 15.4 Å². The third-order valence-electron chi connectivity index (χ3n) is 3.60. The molecule has 0 bridgehead atoms. The fraction of sp³-hybridized carbons (Fsp3) is 0.500. The van der Waals surface area contributed by atoms with Crippen LogP contribution in [0.25, 0.3) is 11.3 Å². The van der Waals surface area contributed by atoms with E-state index >= 15 is 0 Å². The molecule has 0 radical (unpaired) electrons. The molecule has 1 N–H and O–H groups in total. The Kier molecular flexibility index (Phi) is 5.59. The molecule has 0 aliphatic rings. The Morgan fingerprint density at radius 3 is 2.80 bits per heavy atom. The summed E-state index contributed by atoms with van der Waals surface area (Å²) in [5.41, 5.74) is 1.81. The van der Waals surface area contributed by atoms with Gasteiger partial charge in [0, 0.05) is 5.56 Å². The smallest absolute Gasteiger partial charge is 0.128 e. The zero-order valence-electron chi connectivity index (χ0n) is 12.3. The number of ether oxygens (including phenoxy) is 1. The van der Waals surface area contributed by atoms with Gasteiger partial charge in [-0.1, -0.05) is 45.2 Å². The number of hydrogen-bond acceptors (Lipinski definition) is 3. The van der Waals surface area contributed by atoms with Crippen LogP contribution in [0.15, 0.2) is 30.5 Å². The van der Waals surface area contributed by atoms with Crippen LogP contribution in [0.1, 0.15) is 39.5 Å². The van der Waals surface area contributed by atoms with E-state index < -0.39 is 0 Å². The summed E-state index contributed by atoms with van der Waals surface area (Å²) in [5, 5.41) is 10.6. The predicted octanol–water partition coefficient (Wildman–Crippen LogP) is 4.07. The van der Waals surface area contributed by atoms with Crippen molar-refractivity contribution in [2.75, 3.05) is 6.61 Å². The number of benzene rings is 1. The molecule has 4 heteroatoms. The standard InChI is InChI=1S/C16H23N3O/c1-3-5-8-13(4-2)12-20-16-10-7-6-9-14(16)15-11-17-19-18-15/h6-7,9-11,13H,3-5,8,12H2,1-2H3,(H,17,18,19). The molecule has 0 aliphatic carbocycles. The van der Waals surface area contributed by atoms with E-state index in [0.717, 1.165) is 30.0 Å². The van der Waals surface area contributed by atoms with Gasteiger partial charge in [0.2, 0.25) is 0 Å². The van der Waals surface area contributed by atoms with Gasteiger partial charge >= 0.3 is 0 Å². The third-order valence-corrected chi connectivity index (χ3v) is 3.60. The maximum absolute atomic E-state index is 6.03. The number of aromatic amines is 1. The highest BCUT2D eigenvalue weighted by Gasteiger charge is 2.11. The van der Waals surface area contributed by atoms with Crippen molar-refractivity contribution in [2.24, 2.45) is 5.92 Å². The van der Waals surface area contributed by atoms with Crippen molar-refractivity contribution in [2.45, 2.75) is 39.5 Å². The molecule has 1 atom stereocenters. The van der Waals surface area contributed by atoms with Gasteiger partial charge < -0.3 is 4.74 Å². The molecule has 108 valence electrons. The topological polar surface area (TPSA) is 50.8 Å². The molecular formula is C16H23N3O. The van der Waals surface area contributed by atoms with Crippen LogP contribution >= 0.6 is 0 Å². The van der Waals surface area contributed by atoms with E-state index in [1.165, 1.54) is 19.3 Å². The van der Waals surface area contributed by atoms with Crippen molar-refractivity contribution in [1.82, 2.24) is 15.4 Å². The number of unbranched alkanes of at least 4 members (excludes halogenated alkanes) is 1. The summed E-state index contributed by atoms with van der Waals surface area (Å²) >= 11 is 0. The van der Waals surface area contributed by atoms with Gasteiger partial charge in [-0.3, -0.25) is 0 Å². The van der Waals surface area contributed by atoms with E-state index in [-0.39, 0.29) is 0 Å². The Morgan fingerprint density at radius 2 is 2.10 bits per heavy atom. The molecule has 1 heterocycles. The quantitative estimate of drug-likeness (QED) is 0.788. The number of hydrogen-bond donors (Lipinski definition) is 1. The van der Waals surface area contributed by atoms with Crippen molar-refractivity contribution < 1.29 is 4.74 Å². The molecule has 20 heavy (non-hydrogen) atoms. The first-order chi connectivity index (χ1) is 9.85. The number of para-hydroxylation sites is 1. The second-order valence-corrected chi connectivity index (χ2v) is 5.08. The van der Waals surface area contributed by atoms with Crippen LogP contribution in [0.3, 0.4) is 0 Å². The van der Waals surface area contributed by atoms with Crippen molar-refractivity contribution in [3.63, 3.8) is 0 Å². The molecule has 1 unspecified atom stereocenters. The maximum Gasteiger partial charge on any atom is 0.128 e. The van der Waals surface area contributed by atoms with Crippen LogP contribution in [-0.2, 0) is 0 Å². The first-order valence-corrected chi connectivity index (χ1v) is 7.43. The van der Waals surface area contributed by atoms with E-state index in [1.54, 1.807) is 6.20 Å². The molecule has 0 spiro atoms. The van der Waals surface area contributed by atoms with Crippen molar-refractivity contribution in [3.8, 4) is 17.0 Å². The number of aromatic nitrogens is 3. The molecule has 0 amide bonds. The number of H-pyrrole nitrogens is 1. The summed E-state index contributed by atoms with van der Waals surface area (Å²) in [4.78, 5) is 0. The van der Waals surface area contributed by atoms with Crippen LogP contribution < -0.4 is 4.74 Å². The van der Waals surface area contributed by atoms with E-state index in [9.17, 15) is 0 Å². The number of nitrogens with zero attached hydrogens (tertiary/aromatic N) is 2. The highest BCUT2D eigenvalue weighted by Crippen LogP contribution is 2.28. The van der Waals surface area contributed by atoms with Crippen molar-refractivity contribution in [1.29, 1.82) is 0 Å². The summed E-state index contributed by atoms with van der Waals surface area (Å²) < 4.78 is 6.03. The molecule has 2 rings (SSSR count). The molecule has 0 aliphatic heterocycles. The SMILES string of the molecule is CCCCC(CC)COc1ccccc1-c1cn[nH]n1. The predicted molar refractivity (Wildman–Crippen MR) is 80.6 cm³/mol. The number of rotatable bonds is 8. The number of nitrogens with one attached hydrogen (secondary N) is 1. The lowest BCUT2D eigenvalue weighted by Gasteiger charge is -2.17. The molecule has 0 saturated heterocycles. The van der Waals surface area contributed by atoms with Gasteiger partial charge in [0.15, 0.2) is 0 Å². The molecule has 4 nitrogen and oxygen atoms in total. The Hall–Kier alpha value is -1.84. The third kappa shape index (κ3) is 3.83. The molecule has 0 fully saturated rings. The van der Waals surface area contributed by atoms with Crippen LogP contribution in [0.4, 0.5) is 0 Å². The summed E-state index contributed by atoms with van der Waals surface area (Å²) in [5.74, 6) is 1.51. The van der Waals surface area contributed by atoms with Gasteiger partial charge in [0.25, 0.3) is 0 Å². The Labute approximate surface area is 120 Å². The van der Waals surface area contributed by atoms with Crippen LogP contribution in [0, 0.1) is 5.92 Å². The minimum Gasteiger partial charge on any atom is -0.493 e. The van der Waals surface area contributed by atoms with Gasteiger partial charge in [-0.25, -0.2) is 0 Å². The Morgan fingerprint density at radius 1 is 1.25 bits per heavy atom. The summed E-state index contributed by atoms with van der Waals surface area (Å²) in [6.07, 6.45) is 6.63. The van der Waals surface area contributed by atoms with Gasteiger partial charge in [0.05, 0.1) is 12.8 Å². The first kappa shape index (κ1) is 14.6. The van der Waals surface area contributed by atoms with Crippen LogP contribution in [0.2, 0.25) is 0 Å². The second-order valence-electron chi connectivity index (χ2n) is 5.08. The fourth-order valence-electron chi connectivity index (χ4n) is 2.24. The highest BCUT2D eigenvalue weighted by atomic mass is 16.5. The van der Waals surface area contributed by atoms with Gasteiger partial charge in [-0.05, 0) is 24.5 Å². The van der Waals surface area contributed by atoms with Crippen molar-refractivity contribution >= 4 is 0 Å². The molecular weight excluding hydrogens is 250 g/mol. The van der Waals surface area contributed by atoms with E-state index in [0.29, 0.717) is 5.92 Å². The lowest BCUT2D eigenvalue weighted by molar-refractivity contribution is 0.234. The second kappa shape index (κ2) is 7.68. The average Bonchev–Trinajstić information content (AvgIpc) is 3.02. The van der Waals surface area contributed by atoms with E-state index in [2.05, 4.69) is 29.3 Å². The largest absolute Gasteiger partial charge is 0.493 e. The first-order valence-electron chi connectivity index (χ1n) is 7.43. The fourth-order valence-corrected chi connectivity index (χ4v) is 2.24. The minimum absolute atomic E-state index is 0.625. The highest BCUT2D eigenvalue weighted by molar-refractivity contribution is 5.65. The lowest BCUT2D eigenvalue weighted by atomic mass is 10.0. The van der Waals surface area contributed by atoms with Crippen molar-refractivity contribution in [3.05, 3.63) is 30.5 Å². The zero-order chi connectivity index (χ0) is 14.2. The van der Waals surface area contributed by atoms with E-state index in [1.807, 2.05) is 24.3 Å². The maximum atomic E-state index is 6.03. The zero-order valence-corrected chi connectivity index (χ0v) is 12.3. The van der Waals surface area contributed by atoms with Gasteiger partial charge in [0.1, 0.15) is 11.4 Å². The molecule has 1 aromatic heterocycles. The van der Waals surface area contributed by atoms with Crippen LogP contribution in [-0.4, -0.2) is 22.0 Å².